The van der Waals surface area contributed by atoms with Crippen LogP contribution in [-0.4, -0.2) is 37.0 Å². The Balaban J connectivity index is 1.40. The van der Waals surface area contributed by atoms with E-state index in [0.717, 1.165) is 19.4 Å². The minimum atomic E-state index is -0.626. The third-order valence-electron chi connectivity index (χ3n) is 5.11. The monoisotopic (exact) mass is 394 g/mol. The Morgan fingerprint density at radius 3 is 2.69 bits per heavy atom. The number of amides is 2. The number of anilines is 1. The Kier molecular flexibility index (Phi) is 5.57. The molecule has 0 bridgehead atoms. The van der Waals surface area contributed by atoms with E-state index in [1.165, 1.54) is 0 Å². The first-order valence-corrected chi connectivity index (χ1v) is 9.70. The molecule has 2 aromatic carbocycles. The third kappa shape index (κ3) is 4.30. The van der Waals surface area contributed by atoms with Crippen molar-refractivity contribution in [3.63, 3.8) is 0 Å². The van der Waals surface area contributed by atoms with Crippen molar-refractivity contribution in [3.05, 3.63) is 65.2 Å². The van der Waals surface area contributed by atoms with Gasteiger partial charge in [0, 0.05) is 18.7 Å². The van der Waals surface area contributed by atoms with Gasteiger partial charge in [0.15, 0.2) is 0 Å². The highest BCUT2D eigenvalue weighted by Gasteiger charge is 2.32. The fourth-order valence-electron chi connectivity index (χ4n) is 3.64. The molecule has 1 saturated heterocycles. The van der Waals surface area contributed by atoms with Crippen molar-refractivity contribution in [2.24, 2.45) is 0 Å². The SMILES string of the molecule is O=C(C[C@@H]1OC(=O)c2ccccc21)Nc1ccccc1C(=O)NC[C@H]1CCCO1. The number of carbonyl (C=O) groups is 3. The van der Waals surface area contributed by atoms with Gasteiger partial charge in [-0.15, -0.1) is 0 Å². The van der Waals surface area contributed by atoms with Crippen LogP contribution in [0.4, 0.5) is 5.69 Å². The maximum absolute atomic E-state index is 12.6. The Hall–Kier alpha value is -3.19. The number of carbonyl (C=O) groups excluding carboxylic acids is 3. The maximum atomic E-state index is 12.6. The minimum absolute atomic E-state index is 0.0192. The number of hydrogen-bond donors (Lipinski definition) is 2. The van der Waals surface area contributed by atoms with Gasteiger partial charge in [-0.3, -0.25) is 9.59 Å². The molecule has 0 saturated carbocycles. The summed E-state index contributed by atoms with van der Waals surface area (Å²) in [5.74, 6) is -1.03. The molecule has 7 heteroatoms. The van der Waals surface area contributed by atoms with Crippen molar-refractivity contribution in [1.82, 2.24) is 5.32 Å². The summed E-state index contributed by atoms with van der Waals surface area (Å²) in [4.78, 5) is 37.1. The molecule has 2 heterocycles. The summed E-state index contributed by atoms with van der Waals surface area (Å²) in [5.41, 5.74) is 1.98. The Morgan fingerprint density at radius 1 is 1.07 bits per heavy atom. The van der Waals surface area contributed by atoms with Crippen LogP contribution in [-0.2, 0) is 14.3 Å². The second-order valence-electron chi connectivity index (χ2n) is 7.12. The average Bonchev–Trinajstić information content (AvgIpc) is 3.35. The number of cyclic esters (lactones) is 1. The molecule has 0 aromatic heterocycles. The summed E-state index contributed by atoms with van der Waals surface area (Å²) in [6.07, 6.45) is 1.33. The van der Waals surface area contributed by atoms with Crippen molar-refractivity contribution in [1.29, 1.82) is 0 Å². The van der Waals surface area contributed by atoms with E-state index in [9.17, 15) is 14.4 Å². The maximum Gasteiger partial charge on any atom is 0.339 e. The second kappa shape index (κ2) is 8.45. The Labute approximate surface area is 168 Å². The molecule has 0 aliphatic carbocycles. The van der Waals surface area contributed by atoms with E-state index in [2.05, 4.69) is 10.6 Å². The molecule has 0 unspecified atom stereocenters. The van der Waals surface area contributed by atoms with Gasteiger partial charge in [-0.05, 0) is 31.0 Å². The molecule has 29 heavy (non-hydrogen) atoms. The lowest BCUT2D eigenvalue weighted by Gasteiger charge is -2.15. The molecule has 2 N–H and O–H groups in total. The lowest BCUT2D eigenvalue weighted by molar-refractivity contribution is -0.118. The summed E-state index contributed by atoms with van der Waals surface area (Å²) in [7, 11) is 0. The van der Waals surface area contributed by atoms with Crippen LogP contribution in [0.1, 0.15) is 51.6 Å². The van der Waals surface area contributed by atoms with Gasteiger partial charge in [0.2, 0.25) is 5.91 Å². The van der Waals surface area contributed by atoms with Crippen molar-refractivity contribution in [2.75, 3.05) is 18.5 Å². The molecule has 2 aromatic rings. The number of nitrogens with one attached hydrogen (secondary N) is 2. The standard InChI is InChI=1S/C22H22N2O5/c25-20(12-19-15-7-1-2-8-16(15)22(27)29-19)24-18-10-4-3-9-17(18)21(26)23-13-14-6-5-11-28-14/h1-4,7-10,14,19H,5-6,11-13H2,(H,23,26)(H,24,25)/t14-,19+/m1/s1. The fourth-order valence-corrected chi connectivity index (χ4v) is 3.64. The van der Waals surface area contributed by atoms with Crippen molar-refractivity contribution >= 4 is 23.5 Å². The van der Waals surface area contributed by atoms with E-state index < -0.39 is 12.1 Å². The zero-order valence-electron chi connectivity index (χ0n) is 15.9. The first-order chi connectivity index (χ1) is 14.1. The number of para-hydroxylation sites is 1. The lowest BCUT2D eigenvalue weighted by Crippen LogP contribution is -2.32. The van der Waals surface area contributed by atoms with Gasteiger partial charge < -0.3 is 20.1 Å². The van der Waals surface area contributed by atoms with E-state index >= 15 is 0 Å². The topological polar surface area (TPSA) is 93.7 Å². The predicted octanol–water partition coefficient (Wildman–Crippen LogP) is 2.84. The molecule has 2 amide bonds. The molecule has 1 fully saturated rings. The first-order valence-electron chi connectivity index (χ1n) is 9.70. The molecular formula is C22H22N2O5. The largest absolute Gasteiger partial charge is 0.453 e. The van der Waals surface area contributed by atoms with Crippen molar-refractivity contribution in [2.45, 2.75) is 31.5 Å². The molecule has 2 aliphatic rings. The van der Waals surface area contributed by atoms with Crippen LogP contribution < -0.4 is 10.6 Å². The molecule has 0 radical (unpaired) electrons. The van der Waals surface area contributed by atoms with Crippen molar-refractivity contribution < 1.29 is 23.9 Å². The molecule has 7 nitrogen and oxygen atoms in total. The zero-order chi connectivity index (χ0) is 20.2. The van der Waals surface area contributed by atoms with Gasteiger partial charge in [0.05, 0.1) is 29.3 Å². The van der Waals surface area contributed by atoms with E-state index in [1.807, 2.05) is 0 Å². The second-order valence-corrected chi connectivity index (χ2v) is 7.12. The summed E-state index contributed by atoms with van der Waals surface area (Å²) < 4.78 is 10.8. The number of hydrogen-bond acceptors (Lipinski definition) is 5. The van der Waals surface area contributed by atoms with Crippen LogP contribution in [0.3, 0.4) is 0 Å². The Morgan fingerprint density at radius 2 is 1.86 bits per heavy atom. The fraction of sp³-hybridized carbons (Fsp3) is 0.318. The molecule has 2 atom stereocenters. The van der Waals surface area contributed by atoms with Gasteiger partial charge in [0.25, 0.3) is 5.91 Å². The predicted molar refractivity (Wildman–Crippen MR) is 106 cm³/mol. The molecular weight excluding hydrogens is 372 g/mol. The highest BCUT2D eigenvalue weighted by atomic mass is 16.5. The van der Waals surface area contributed by atoms with Crippen LogP contribution in [0.25, 0.3) is 0 Å². The lowest BCUT2D eigenvalue weighted by atomic mass is 10.0. The Bertz CT molecular complexity index is 936. The van der Waals surface area contributed by atoms with Gasteiger partial charge in [-0.2, -0.15) is 0 Å². The number of rotatable bonds is 6. The van der Waals surface area contributed by atoms with Crippen LogP contribution in [0, 0.1) is 0 Å². The molecule has 0 spiro atoms. The van der Waals surface area contributed by atoms with Crippen LogP contribution in [0.5, 0.6) is 0 Å². The highest BCUT2D eigenvalue weighted by Crippen LogP contribution is 2.33. The van der Waals surface area contributed by atoms with Crippen LogP contribution in [0.15, 0.2) is 48.5 Å². The normalized spacial score (nSPS) is 20.1. The van der Waals surface area contributed by atoms with Crippen molar-refractivity contribution in [3.8, 4) is 0 Å². The van der Waals surface area contributed by atoms with Gasteiger partial charge >= 0.3 is 5.97 Å². The number of esters is 1. The third-order valence-corrected chi connectivity index (χ3v) is 5.11. The quantitative estimate of drug-likeness (QED) is 0.735. The molecule has 150 valence electrons. The first kappa shape index (κ1) is 19.1. The number of ether oxygens (including phenoxy) is 2. The summed E-state index contributed by atoms with van der Waals surface area (Å²) >= 11 is 0. The van der Waals surface area contributed by atoms with Gasteiger partial charge in [-0.1, -0.05) is 30.3 Å². The average molecular weight is 394 g/mol. The van der Waals surface area contributed by atoms with E-state index in [0.29, 0.717) is 28.9 Å². The van der Waals surface area contributed by atoms with E-state index in [4.69, 9.17) is 9.47 Å². The van der Waals surface area contributed by atoms with Crippen LogP contribution >= 0.6 is 0 Å². The molecule has 4 rings (SSSR count). The number of benzene rings is 2. The van der Waals surface area contributed by atoms with Gasteiger partial charge in [0.1, 0.15) is 6.10 Å². The number of fused-ring (bicyclic) bond motifs is 1. The van der Waals surface area contributed by atoms with E-state index in [-0.39, 0.29) is 24.3 Å². The molecule has 2 aliphatic heterocycles. The summed E-state index contributed by atoms with van der Waals surface area (Å²) in [6, 6.07) is 13.9. The minimum Gasteiger partial charge on any atom is -0.453 e. The van der Waals surface area contributed by atoms with Gasteiger partial charge in [-0.25, -0.2) is 4.79 Å². The van der Waals surface area contributed by atoms with Crippen LogP contribution in [0.2, 0.25) is 0 Å². The smallest absolute Gasteiger partial charge is 0.339 e. The summed E-state index contributed by atoms with van der Waals surface area (Å²) in [6.45, 7) is 1.16. The highest BCUT2D eigenvalue weighted by molar-refractivity contribution is 6.04. The van der Waals surface area contributed by atoms with E-state index in [1.54, 1.807) is 48.5 Å². The zero-order valence-corrected chi connectivity index (χ0v) is 15.9. The summed E-state index contributed by atoms with van der Waals surface area (Å²) in [5, 5.41) is 5.63.